The van der Waals surface area contributed by atoms with E-state index in [1.165, 1.54) is 9.90 Å². The number of hydrogen-bond donors (Lipinski definition) is 4. The van der Waals surface area contributed by atoms with Crippen LogP contribution >= 0.6 is 22.6 Å². The number of nitrogens with zero attached hydrogens (tertiary/aromatic N) is 4. The predicted octanol–water partition coefficient (Wildman–Crippen LogP) is 1.32. The summed E-state index contributed by atoms with van der Waals surface area (Å²) >= 11 is 2.28. The molecule has 1 aromatic carbocycles. The fraction of sp³-hybridized carbons (Fsp3) is 0.421. The largest absolute Gasteiger partial charge is 0.396 e. The van der Waals surface area contributed by atoms with Gasteiger partial charge in [-0.25, -0.2) is 15.0 Å². The van der Waals surface area contributed by atoms with E-state index in [0.717, 1.165) is 5.56 Å². The SMILES string of the molecule is OC[C@@]12CC1[C@@H](n1cnc3c(NCc4cccc(I)c4)ncnc31)[C@H](O)[C@@H]2O. The highest BCUT2D eigenvalue weighted by Crippen LogP contribution is 2.67. The third kappa shape index (κ3) is 2.64. The van der Waals surface area contributed by atoms with Crippen LogP contribution in [0.4, 0.5) is 5.82 Å². The molecule has 0 amide bonds. The Hall–Kier alpha value is -1.82. The molecule has 0 saturated heterocycles. The van der Waals surface area contributed by atoms with Gasteiger partial charge in [0.1, 0.15) is 17.9 Å². The number of benzene rings is 1. The second-order valence-electron chi connectivity index (χ2n) is 7.66. The van der Waals surface area contributed by atoms with E-state index in [9.17, 15) is 15.3 Å². The first-order valence-corrected chi connectivity index (χ1v) is 10.3. The minimum Gasteiger partial charge on any atom is -0.396 e. The van der Waals surface area contributed by atoms with Gasteiger partial charge in [0.25, 0.3) is 0 Å². The first-order chi connectivity index (χ1) is 13.5. The molecule has 28 heavy (non-hydrogen) atoms. The van der Waals surface area contributed by atoms with E-state index in [4.69, 9.17) is 0 Å². The molecule has 146 valence electrons. The van der Waals surface area contributed by atoms with Gasteiger partial charge in [0.15, 0.2) is 11.5 Å². The van der Waals surface area contributed by atoms with Gasteiger partial charge in [-0.15, -0.1) is 0 Å². The van der Waals surface area contributed by atoms with E-state index in [1.807, 2.05) is 22.8 Å². The number of rotatable bonds is 5. The average molecular weight is 493 g/mol. The van der Waals surface area contributed by atoms with Crippen molar-refractivity contribution in [2.75, 3.05) is 11.9 Å². The standard InChI is InChI=1S/C19H20IN5O3/c20-11-3-1-2-10(4-11)6-21-17-13-18(23-8-22-17)25(9-24-13)14-12-5-19(12,7-26)16(28)15(14)27/h1-4,8-9,12,14-16,26-28H,5-7H2,(H,21,22,23)/t12?,14-,15+,16+,19+/m1/s1. The van der Waals surface area contributed by atoms with Crippen molar-refractivity contribution >= 4 is 39.6 Å². The Balaban J connectivity index is 1.45. The lowest BCUT2D eigenvalue weighted by Crippen LogP contribution is -2.35. The second kappa shape index (κ2) is 6.61. The maximum absolute atomic E-state index is 10.6. The Morgan fingerprint density at radius 3 is 2.86 bits per heavy atom. The molecule has 4 N–H and O–H groups in total. The van der Waals surface area contributed by atoms with Gasteiger partial charge in [-0.3, -0.25) is 0 Å². The summed E-state index contributed by atoms with van der Waals surface area (Å²) in [6, 6.07) is 7.84. The van der Waals surface area contributed by atoms with Crippen molar-refractivity contribution in [2.45, 2.75) is 31.2 Å². The van der Waals surface area contributed by atoms with E-state index in [-0.39, 0.29) is 18.6 Å². The van der Waals surface area contributed by atoms with Crippen molar-refractivity contribution in [2.24, 2.45) is 11.3 Å². The zero-order chi connectivity index (χ0) is 19.5. The van der Waals surface area contributed by atoms with Gasteiger partial charge in [-0.2, -0.15) is 0 Å². The molecule has 0 radical (unpaired) electrons. The number of hydrogen-bond acceptors (Lipinski definition) is 7. The average Bonchev–Trinajstić information content (AvgIpc) is 3.21. The van der Waals surface area contributed by atoms with Crippen LogP contribution < -0.4 is 5.32 Å². The van der Waals surface area contributed by atoms with Gasteiger partial charge < -0.3 is 25.2 Å². The Morgan fingerprint density at radius 1 is 1.25 bits per heavy atom. The lowest BCUT2D eigenvalue weighted by atomic mass is 10.0. The highest BCUT2D eigenvalue weighted by molar-refractivity contribution is 14.1. The highest BCUT2D eigenvalue weighted by atomic mass is 127. The molecule has 2 aliphatic rings. The first-order valence-electron chi connectivity index (χ1n) is 9.18. The van der Waals surface area contributed by atoms with Crippen LogP contribution in [0.3, 0.4) is 0 Å². The fourth-order valence-electron chi connectivity index (χ4n) is 4.58. The maximum atomic E-state index is 10.6. The highest BCUT2D eigenvalue weighted by Gasteiger charge is 2.71. The monoisotopic (exact) mass is 493 g/mol. The normalized spacial score (nSPS) is 31.1. The lowest BCUT2D eigenvalue weighted by Gasteiger charge is -2.23. The molecule has 2 heterocycles. The number of halogens is 1. The Kier molecular flexibility index (Phi) is 4.30. The van der Waals surface area contributed by atoms with Crippen LogP contribution in [0.5, 0.6) is 0 Å². The van der Waals surface area contributed by atoms with Gasteiger partial charge in [0.2, 0.25) is 0 Å². The third-order valence-corrected chi connectivity index (χ3v) is 6.85. The van der Waals surface area contributed by atoms with E-state index in [0.29, 0.717) is 29.9 Å². The summed E-state index contributed by atoms with van der Waals surface area (Å²) < 4.78 is 2.98. The number of fused-ring (bicyclic) bond motifs is 2. The Morgan fingerprint density at radius 2 is 2.11 bits per heavy atom. The molecule has 0 aliphatic heterocycles. The van der Waals surface area contributed by atoms with Crippen molar-refractivity contribution in [1.29, 1.82) is 0 Å². The maximum Gasteiger partial charge on any atom is 0.165 e. The molecule has 8 nitrogen and oxygen atoms in total. The van der Waals surface area contributed by atoms with Crippen LogP contribution in [-0.2, 0) is 6.54 Å². The minimum absolute atomic E-state index is 0.0117. The number of nitrogens with one attached hydrogen (secondary N) is 1. The molecular formula is C19H20IN5O3. The van der Waals surface area contributed by atoms with E-state index < -0.39 is 17.6 Å². The van der Waals surface area contributed by atoms with Crippen LogP contribution in [0.2, 0.25) is 0 Å². The smallest absolute Gasteiger partial charge is 0.165 e. The summed E-state index contributed by atoms with van der Waals surface area (Å²) in [5.74, 6) is 0.637. The molecule has 3 aromatic rings. The molecule has 5 rings (SSSR count). The molecule has 2 fully saturated rings. The van der Waals surface area contributed by atoms with Gasteiger partial charge in [0.05, 0.1) is 25.1 Å². The second-order valence-corrected chi connectivity index (χ2v) is 8.90. The molecule has 2 saturated carbocycles. The molecule has 1 unspecified atom stereocenters. The zero-order valence-electron chi connectivity index (χ0n) is 14.9. The van der Waals surface area contributed by atoms with Crippen molar-refractivity contribution in [3.05, 3.63) is 46.1 Å². The number of aromatic nitrogens is 4. The van der Waals surface area contributed by atoms with Gasteiger partial charge in [-0.1, -0.05) is 12.1 Å². The summed E-state index contributed by atoms with van der Waals surface area (Å²) in [6.45, 7) is 0.480. The molecule has 2 aliphatic carbocycles. The van der Waals surface area contributed by atoms with Crippen LogP contribution in [0, 0.1) is 14.9 Å². The molecule has 0 spiro atoms. The van der Waals surface area contributed by atoms with Crippen LogP contribution in [0.25, 0.3) is 11.2 Å². The zero-order valence-corrected chi connectivity index (χ0v) is 17.1. The van der Waals surface area contributed by atoms with Gasteiger partial charge in [0, 0.05) is 15.5 Å². The quantitative estimate of drug-likeness (QED) is 0.397. The topological polar surface area (TPSA) is 116 Å². The Labute approximate surface area is 174 Å². The van der Waals surface area contributed by atoms with Gasteiger partial charge in [-0.05, 0) is 52.6 Å². The summed E-state index contributed by atoms with van der Waals surface area (Å²) in [4.78, 5) is 13.2. The van der Waals surface area contributed by atoms with E-state index >= 15 is 0 Å². The molecule has 2 aromatic heterocycles. The van der Waals surface area contributed by atoms with Crippen LogP contribution in [0.15, 0.2) is 36.9 Å². The van der Waals surface area contributed by atoms with Crippen LogP contribution in [-0.4, -0.2) is 53.7 Å². The third-order valence-electron chi connectivity index (χ3n) is 6.18. The van der Waals surface area contributed by atoms with E-state index in [1.54, 1.807) is 6.33 Å². The summed E-state index contributed by atoms with van der Waals surface area (Å²) in [5, 5.41) is 34.0. The van der Waals surface area contributed by atoms with Crippen LogP contribution in [0.1, 0.15) is 18.0 Å². The first kappa shape index (κ1) is 18.2. The van der Waals surface area contributed by atoms with Crippen molar-refractivity contribution in [3.8, 4) is 0 Å². The van der Waals surface area contributed by atoms with Crippen molar-refractivity contribution < 1.29 is 15.3 Å². The summed E-state index contributed by atoms with van der Waals surface area (Å²) in [7, 11) is 0. The lowest BCUT2D eigenvalue weighted by molar-refractivity contribution is -0.0300. The predicted molar refractivity (Wildman–Crippen MR) is 110 cm³/mol. The number of imidazole rings is 1. The Bertz CT molecular complexity index is 1040. The fourth-order valence-corrected chi connectivity index (χ4v) is 5.19. The number of anilines is 1. The van der Waals surface area contributed by atoms with Crippen molar-refractivity contribution in [3.63, 3.8) is 0 Å². The molecular weight excluding hydrogens is 473 g/mol. The van der Waals surface area contributed by atoms with Gasteiger partial charge >= 0.3 is 0 Å². The molecule has 5 atom stereocenters. The summed E-state index contributed by atoms with van der Waals surface area (Å²) in [5.41, 5.74) is 1.77. The summed E-state index contributed by atoms with van der Waals surface area (Å²) in [6.07, 6.45) is 1.91. The minimum atomic E-state index is -0.957. The van der Waals surface area contributed by atoms with E-state index in [2.05, 4.69) is 48.9 Å². The number of aliphatic hydroxyl groups is 3. The number of aliphatic hydroxyl groups excluding tert-OH is 3. The molecule has 9 heteroatoms. The van der Waals surface area contributed by atoms with Crippen molar-refractivity contribution in [1.82, 2.24) is 19.5 Å². The molecule has 0 bridgehead atoms.